The van der Waals surface area contributed by atoms with Gasteiger partial charge in [-0.05, 0) is 39.0 Å². The summed E-state index contributed by atoms with van der Waals surface area (Å²) in [6.07, 6.45) is 0.0380. The van der Waals surface area contributed by atoms with Crippen molar-refractivity contribution in [2.75, 3.05) is 6.61 Å². The summed E-state index contributed by atoms with van der Waals surface area (Å²) in [6.45, 7) is 5.81. The van der Waals surface area contributed by atoms with Crippen molar-refractivity contribution in [1.82, 2.24) is 5.32 Å². The Morgan fingerprint density at radius 1 is 1.38 bits per heavy atom. The number of benzene rings is 1. The number of alkyl carbamates (subject to hydrolysis) is 1. The topological polar surface area (TPSA) is 84.9 Å². The van der Waals surface area contributed by atoms with Crippen molar-refractivity contribution < 1.29 is 24.2 Å². The predicted octanol–water partition coefficient (Wildman–Crippen LogP) is 2.73. The van der Waals surface area contributed by atoms with Gasteiger partial charge in [-0.15, -0.1) is 0 Å². The van der Waals surface area contributed by atoms with Gasteiger partial charge < -0.3 is 19.9 Å². The second-order valence-electron chi connectivity index (χ2n) is 5.89. The molecule has 1 aliphatic heterocycles. The zero-order chi connectivity index (χ0) is 15.6. The van der Waals surface area contributed by atoms with Crippen molar-refractivity contribution in [3.63, 3.8) is 0 Å². The smallest absolute Gasteiger partial charge is 0.408 e. The largest absolute Gasteiger partial charge is 0.493 e. The minimum absolute atomic E-state index is 0.162. The van der Waals surface area contributed by atoms with Gasteiger partial charge in [0.1, 0.15) is 11.4 Å². The fourth-order valence-corrected chi connectivity index (χ4v) is 2.13. The standard InChI is InChI=1S/C15H19NO5/c1-15(2,3)21-14(19)16-11-6-7-20-12-5-4-9(13(17)18)8-10(11)12/h4-5,8,11H,6-7H2,1-3H3,(H,16,19)(H,17,18). The number of amides is 1. The van der Waals surface area contributed by atoms with Gasteiger partial charge in [0.2, 0.25) is 0 Å². The number of carboxylic acid groups (broad SMARTS) is 1. The second-order valence-corrected chi connectivity index (χ2v) is 5.89. The number of rotatable bonds is 2. The number of aromatic carboxylic acids is 1. The van der Waals surface area contributed by atoms with Crippen LogP contribution in [0.3, 0.4) is 0 Å². The van der Waals surface area contributed by atoms with Gasteiger partial charge in [0.05, 0.1) is 18.2 Å². The first-order valence-electron chi connectivity index (χ1n) is 6.76. The highest BCUT2D eigenvalue weighted by Gasteiger charge is 2.26. The van der Waals surface area contributed by atoms with Crippen LogP contribution in [0.1, 0.15) is 49.2 Å². The Hall–Kier alpha value is -2.24. The maximum absolute atomic E-state index is 11.9. The molecule has 6 nitrogen and oxygen atoms in total. The summed E-state index contributed by atoms with van der Waals surface area (Å²) in [6, 6.07) is 4.31. The molecule has 6 heteroatoms. The number of hydrogen-bond donors (Lipinski definition) is 2. The molecule has 114 valence electrons. The molecule has 1 atom stereocenters. The van der Waals surface area contributed by atoms with E-state index in [0.717, 1.165) is 0 Å². The first-order valence-corrected chi connectivity index (χ1v) is 6.76. The number of ether oxygens (including phenoxy) is 2. The Morgan fingerprint density at radius 2 is 2.10 bits per heavy atom. The van der Waals surface area contributed by atoms with E-state index in [4.69, 9.17) is 14.6 Å². The minimum atomic E-state index is -1.01. The van der Waals surface area contributed by atoms with Crippen LogP contribution in [0.4, 0.5) is 4.79 Å². The van der Waals surface area contributed by atoms with Crippen molar-refractivity contribution >= 4 is 12.1 Å². The number of hydrogen-bond acceptors (Lipinski definition) is 4. The summed E-state index contributed by atoms with van der Waals surface area (Å²) in [5.41, 5.74) is 0.239. The van der Waals surface area contributed by atoms with E-state index in [-0.39, 0.29) is 11.6 Å². The Balaban J connectivity index is 2.19. The SMILES string of the molecule is CC(C)(C)OC(=O)NC1CCOc2ccc(C(=O)O)cc21. The van der Waals surface area contributed by atoms with E-state index in [1.165, 1.54) is 12.1 Å². The fraction of sp³-hybridized carbons (Fsp3) is 0.467. The summed E-state index contributed by atoms with van der Waals surface area (Å²) in [7, 11) is 0. The minimum Gasteiger partial charge on any atom is -0.493 e. The number of carbonyl (C=O) groups excluding carboxylic acids is 1. The van der Waals surface area contributed by atoms with Gasteiger partial charge in [-0.3, -0.25) is 0 Å². The first-order chi connectivity index (χ1) is 9.76. The molecule has 1 heterocycles. The number of nitrogens with one attached hydrogen (secondary N) is 1. The normalized spacial score (nSPS) is 17.4. The molecule has 1 amide bonds. The molecule has 0 saturated carbocycles. The summed E-state index contributed by atoms with van der Waals surface area (Å²) in [5, 5.41) is 11.8. The van der Waals surface area contributed by atoms with E-state index in [2.05, 4.69) is 5.32 Å². The number of carboxylic acids is 1. The molecule has 0 spiro atoms. The van der Waals surface area contributed by atoms with Gasteiger partial charge in [0, 0.05) is 12.0 Å². The number of fused-ring (bicyclic) bond motifs is 1. The molecule has 21 heavy (non-hydrogen) atoms. The van der Waals surface area contributed by atoms with Crippen LogP contribution in [0.25, 0.3) is 0 Å². The zero-order valence-corrected chi connectivity index (χ0v) is 12.3. The molecule has 1 aromatic carbocycles. The van der Waals surface area contributed by atoms with Gasteiger partial charge in [-0.2, -0.15) is 0 Å². The van der Waals surface area contributed by atoms with Crippen LogP contribution in [0, 0.1) is 0 Å². The lowest BCUT2D eigenvalue weighted by atomic mass is 9.98. The van der Waals surface area contributed by atoms with Crippen molar-refractivity contribution in [2.45, 2.75) is 38.8 Å². The van der Waals surface area contributed by atoms with Gasteiger partial charge in [0.25, 0.3) is 0 Å². The second kappa shape index (κ2) is 5.63. The van der Waals surface area contributed by atoms with Crippen molar-refractivity contribution in [2.24, 2.45) is 0 Å². The lowest BCUT2D eigenvalue weighted by Crippen LogP contribution is -2.36. The third kappa shape index (κ3) is 3.87. The quantitative estimate of drug-likeness (QED) is 0.875. The first kappa shape index (κ1) is 15.2. The molecule has 0 radical (unpaired) electrons. The summed E-state index contributed by atoms with van der Waals surface area (Å²) in [5.74, 6) is -0.424. The van der Waals surface area contributed by atoms with E-state index < -0.39 is 17.7 Å². The summed E-state index contributed by atoms with van der Waals surface area (Å²) >= 11 is 0. The highest BCUT2D eigenvalue weighted by Crippen LogP contribution is 2.33. The van der Waals surface area contributed by atoms with Crippen molar-refractivity contribution in [3.05, 3.63) is 29.3 Å². The molecule has 1 aliphatic rings. The van der Waals surface area contributed by atoms with Gasteiger partial charge in [-0.1, -0.05) is 0 Å². The Labute approximate surface area is 123 Å². The third-order valence-corrected chi connectivity index (χ3v) is 2.99. The summed E-state index contributed by atoms with van der Waals surface area (Å²) < 4.78 is 10.7. The van der Waals surface area contributed by atoms with Gasteiger partial charge in [-0.25, -0.2) is 9.59 Å². The van der Waals surface area contributed by atoms with E-state index >= 15 is 0 Å². The zero-order valence-electron chi connectivity index (χ0n) is 12.3. The van der Waals surface area contributed by atoms with Crippen molar-refractivity contribution in [3.8, 4) is 5.75 Å². The molecule has 0 bridgehead atoms. The van der Waals surface area contributed by atoms with Crippen molar-refractivity contribution in [1.29, 1.82) is 0 Å². The Kier molecular flexibility index (Phi) is 4.06. The van der Waals surface area contributed by atoms with E-state index in [0.29, 0.717) is 24.3 Å². The van der Waals surface area contributed by atoms with Crippen LogP contribution in [0.15, 0.2) is 18.2 Å². The third-order valence-electron chi connectivity index (χ3n) is 2.99. The van der Waals surface area contributed by atoms with E-state index in [1.807, 2.05) is 0 Å². The Bertz CT molecular complexity index is 562. The van der Waals surface area contributed by atoms with Gasteiger partial charge in [0.15, 0.2) is 0 Å². The molecule has 0 aromatic heterocycles. The molecule has 1 aromatic rings. The molecular formula is C15H19NO5. The maximum Gasteiger partial charge on any atom is 0.408 e. The molecule has 2 rings (SSSR count). The average molecular weight is 293 g/mol. The molecule has 0 saturated heterocycles. The van der Waals surface area contributed by atoms with Crippen LogP contribution in [0.5, 0.6) is 5.75 Å². The highest BCUT2D eigenvalue weighted by molar-refractivity contribution is 5.88. The lowest BCUT2D eigenvalue weighted by molar-refractivity contribution is 0.0491. The lowest BCUT2D eigenvalue weighted by Gasteiger charge is -2.28. The van der Waals surface area contributed by atoms with E-state index in [9.17, 15) is 9.59 Å². The van der Waals surface area contributed by atoms with Crippen LogP contribution in [-0.2, 0) is 4.74 Å². The highest BCUT2D eigenvalue weighted by atomic mass is 16.6. The summed E-state index contributed by atoms with van der Waals surface area (Å²) in [4.78, 5) is 22.9. The maximum atomic E-state index is 11.9. The monoisotopic (exact) mass is 293 g/mol. The molecule has 1 unspecified atom stereocenters. The van der Waals surface area contributed by atoms with E-state index in [1.54, 1.807) is 26.8 Å². The molecule has 2 N–H and O–H groups in total. The Morgan fingerprint density at radius 3 is 2.71 bits per heavy atom. The van der Waals surface area contributed by atoms with Gasteiger partial charge >= 0.3 is 12.1 Å². The molecular weight excluding hydrogens is 274 g/mol. The van der Waals surface area contributed by atoms with Crippen LogP contribution < -0.4 is 10.1 Å². The van der Waals surface area contributed by atoms with Crippen LogP contribution in [-0.4, -0.2) is 29.4 Å². The fourth-order valence-electron chi connectivity index (χ4n) is 2.13. The average Bonchev–Trinajstić information content (AvgIpc) is 2.36. The van der Waals surface area contributed by atoms with Crippen LogP contribution in [0.2, 0.25) is 0 Å². The molecule has 0 aliphatic carbocycles. The number of carbonyl (C=O) groups is 2. The molecule has 0 fully saturated rings. The van der Waals surface area contributed by atoms with Crippen LogP contribution >= 0.6 is 0 Å². The predicted molar refractivity (Wildman–Crippen MR) is 75.6 cm³/mol.